The second kappa shape index (κ2) is 6.32. The minimum atomic E-state index is 0.208. The molecule has 23 heavy (non-hydrogen) atoms. The van der Waals surface area contributed by atoms with Crippen LogP contribution in [0.15, 0.2) is 24.3 Å². The Hall–Kier alpha value is -1.88. The molecular formula is C18H24N4O. The number of fused-ring (bicyclic) bond motifs is 1. The number of hydrogen-bond acceptors (Lipinski definition) is 3. The van der Waals surface area contributed by atoms with Gasteiger partial charge in [0.2, 0.25) is 5.91 Å². The number of benzene rings is 1. The van der Waals surface area contributed by atoms with E-state index in [-0.39, 0.29) is 5.91 Å². The van der Waals surface area contributed by atoms with Crippen LogP contribution in [-0.2, 0) is 11.2 Å². The number of aromatic amines is 1. The first kappa shape index (κ1) is 14.7. The largest absolute Gasteiger partial charge is 0.342 e. The Balaban J connectivity index is 1.31. The van der Waals surface area contributed by atoms with E-state index in [0.717, 1.165) is 48.4 Å². The maximum absolute atomic E-state index is 12.5. The molecule has 122 valence electrons. The van der Waals surface area contributed by atoms with Crippen molar-refractivity contribution in [1.82, 2.24) is 20.4 Å². The maximum atomic E-state index is 12.5. The van der Waals surface area contributed by atoms with E-state index in [4.69, 9.17) is 0 Å². The van der Waals surface area contributed by atoms with E-state index in [1.165, 1.54) is 19.4 Å². The zero-order chi connectivity index (χ0) is 15.6. The molecule has 2 heterocycles. The Morgan fingerprint density at radius 1 is 1.22 bits per heavy atom. The average molecular weight is 312 g/mol. The van der Waals surface area contributed by atoms with Crippen molar-refractivity contribution in [2.75, 3.05) is 19.6 Å². The van der Waals surface area contributed by atoms with Crippen LogP contribution in [0.1, 0.15) is 31.4 Å². The summed E-state index contributed by atoms with van der Waals surface area (Å²) in [6.45, 7) is 2.90. The van der Waals surface area contributed by atoms with E-state index in [1.54, 1.807) is 0 Å². The lowest BCUT2D eigenvalue weighted by Crippen LogP contribution is -2.45. The number of hydrogen-bond donors (Lipinski definition) is 2. The van der Waals surface area contributed by atoms with Gasteiger partial charge in [0.15, 0.2) is 0 Å². The molecule has 2 N–H and O–H groups in total. The Kier molecular flexibility index (Phi) is 4.04. The normalized spacial score (nSPS) is 19.4. The first-order valence-electron chi connectivity index (χ1n) is 8.73. The fraction of sp³-hybridized carbons (Fsp3) is 0.556. The lowest BCUT2D eigenvalue weighted by atomic mass is 10.0. The van der Waals surface area contributed by atoms with E-state index in [1.807, 2.05) is 29.2 Å². The third-order valence-electron chi connectivity index (χ3n) is 5.11. The summed E-state index contributed by atoms with van der Waals surface area (Å²) in [6, 6.07) is 8.54. The van der Waals surface area contributed by atoms with Crippen molar-refractivity contribution in [3.8, 4) is 0 Å². The van der Waals surface area contributed by atoms with E-state index < -0.39 is 0 Å². The Morgan fingerprint density at radius 3 is 2.78 bits per heavy atom. The van der Waals surface area contributed by atoms with E-state index in [0.29, 0.717) is 12.5 Å². The van der Waals surface area contributed by atoms with Crippen LogP contribution in [0.3, 0.4) is 0 Å². The molecule has 1 aromatic carbocycles. The van der Waals surface area contributed by atoms with Crippen LogP contribution < -0.4 is 5.32 Å². The molecule has 0 unspecified atom stereocenters. The molecule has 1 saturated carbocycles. The predicted octanol–water partition coefficient (Wildman–Crippen LogP) is 2.10. The Labute approximate surface area is 136 Å². The van der Waals surface area contributed by atoms with Gasteiger partial charge in [0, 0.05) is 24.5 Å². The lowest BCUT2D eigenvalue weighted by Gasteiger charge is -2.32. The van der Waals surface area contributed by atoms with Crippen molar-refractivity contribution in [3.05, 3.63) is 30.0 Å². The molecule has 4 rings (SSSR count). The second-order valence-electron chi connectivity index (χ2n) is 6.90. The summed E-state index contributed by atoms with van der Waals surface area (Å²) in [5.74, 6) is 1.13. The monoisotopic (exact) mass is 312 g/mol. The molecule has 0 spiro atoms. The third-order valence-corrected chi connectivity index (χ3v) is 5.11. The minimum absolute atomic E-state index is 0.208. The fourth-order valence-electron chi connectivity index (χ4n) is 3.40. The number of nitrogens with one attached hydrogen (secondary N) is 2. The van der Waals surface area contributed by atoms with Gasteiger partial charge >= 0.3 is 0 Å². The minimum Gasteiger partial charge on any atom is -0.342 e. The summed E-state index contributed by atoms with van der Waals surface area (Å²) in [5, 5.41) is 12.0. The topological polar surface area (TPSA) is 61.0 Å². The van der Waals surface area contributed by atoms with Crippen LogP contribution in [0.4, 0.5) is 0 Å². The highest BCUT2D eigenvalue weighted by molar-refractivity contribution is 5.87. The van der Waals surface area contributed by atoms with Crippen molar-refractivity contribution >= 4 is 16.8 Å². The van der Waals surface area contributed by atoms with E-state index >= 15 is 0 Å². The number of H-pyrrole nitrogens is 1. The molecule has 5 nitrogen and oxygen atoms in total. The molecule has 0 atom stereocenters. The SMILES string of the molecule is O=C(Cc1[nH]nc2ccccc12)N1CCC(NCC2CC2)CC1. The molecule has 2 aliphatic rings. The fourth-order valence-corrected chi connectivity index (χ4v) is 3.40. The standard InChI is InChI=1S/C18H24N4O/c23-18(11-17-15-3-1-2-4-16(15)20-21-17)22-9-7-14(8-10-22)19-12-13-5-6-13/h1-4,13-14,19H,5-12H2,(H,20,21). The summed E-state index contributed by atoms with van der Waals surface area (Å²) >= 11 is 0. The molecule has 1 aliphatic heterocycles. The number of rotatable bonds is 5. The molecule has 0 bridgehead atoms. The zero-order valence-corrected chi connectivity index (χ0v) is 13.4. The molecule has 2 fully saturated rings. The highest BCUT2D eigenvalue weighted by Crippen LogP contribution is 2.28. The molecule has 1 amide bonds. The van der Waals surface area contributed by atoms with Crippen molar-refractivity contribution in [1.29, 1.82) is 0 Å². The van der Waals surface area contributed by atoms with Gasteiger partial charge in [-0.05, 0) is 44.2 Å². The lowest BCUT2D eigenvalue weighted by molar-refractivity contribution is -0.131. The molecule has 2 aromatic rings. The first-order valence-corrected chi connectivity index (χ1v) is 8.73. The van der Waals surface area contributed by atoms with Gasteiger partial charge < -0.3 is 10.2 Å². The summed E-state index contributed by atoms with van der Waals surface area (Å²) in [7, 11) is 0. The number of likely N-dealkylation sites (tertiary alicyclic amines) is 1. The number of aromatic nitrogens is 2. The van der Waals surface area contributed by atoms with Crippen LogP contribution in [0.2, 0.25) is 0 Å². The first-order chi connectivity index (χ1) is 11.3. The van der Waals surface area contributed by atoms with Gasteiger partial charge in [0.05, 0.1) is 17.6 Å². The molecule has 1 saturated heterocycles. The van der Waals surface area contributed by atoms with Crippen molar-refractivity contribution in [2.24, 2.45) is 5.92 Å². The number of nitrogens with zero attached hydrogens (tertiary/aromatic N) is 2. The van der Waals surface area contributed by atoms with Crippen molar-refractivity contribution < 1.29 is 4.79 Å². The van der Waals surface area contributed by atoms with Gasteiger partial charge in [-0.3, -0.25) is 9.89 Å². The van der Waals surface area contributed by atoms with Gasteiger partial charge in [0.1, 0.15) is 0 Å². The Bertz CT molecular complexity index is 683. The van der Waals surface area contributed by atoms with Gasteiger partial charge in [0.25, 0.3) is 0 Å². The molecule has 0 radical (unpaired) electrons. The zero-order valence-electron chi connectivity index (χ0n) is 13.4. The van der Waals surface area contributed by atoms with Crippen LogP contribution in [0, 0.1) is 5.92 Å². The molecule has 1 aliphatic carbocycles. The van der Waals surface area contributed by atoms with E-state index in [2.05, 4.69) is 15.5 Å². The number of carbonyl (C=O) groups excluding carboxylic acids is 1. The number of piperidine rings is 1. The maximum Gasteiger partial charge on any atom is 0.228 e. The van der Waals surface area contributed by atoms with Crippen LogP contribution in [-0.4, -0.2) is 46.7 Å². The summed E-state index contributed by atoms with van der Waals surface area (Å²) < 4.78 is 0. The van der Waals surface area contributed by atoms with E-state index in [9.17, 15) is 4.79 Å². The van der Waals surface area contributed by atoms with Gasteiger partial charge in [-0.2, -0.15) is 5.10 Å². The number of carbonyl (C=O) groups is 1. The van der Waals surface area contributed by atoms with Crippen LogP contribution in [0.5, 0.6) is 0 Å². The highest BCUT2D eigenvalue weighted by atomic mass is 16.2. The quantitative estimate of drug-likeness (QED) is 0.889. The Morgan fingerprint density at radius 2 is 2.00 bits per heavy atom. The molecular weight excluding hydrogens is 288 g/mol. The highest BCUT2D eigenvalue weighted by Gasteiger charge is 2.26. The summed E-state index contributed by atoms with van der Waals surface area (Å²) in [4.78, 5) is 14.6. The van der Waals surface area contributed by atoms with Gasteiger partial charge in [-0.25, -0.2) is 0 Å². The van der Waals surface area contributed by atoms with Crippen LogP contribution in [0.25, 0.3) is 10.9 Å². The second-order valence-corrected chi connectivity index (χ2v) is 6.90. The summed E-state index contributed by atoms with van der Waals surface area (Å²) in [6.07, 6.45) is 5.34. The smallest absolute Gasteiger partial charge is 0.228 e. The van der Waals surface area contributed by atoms with Crippen molar-refractivity contribution in [3.63, 3.8) is 0 Å². The molecule has 5 heteroatoms. The van der Waals surface area contributed by atoms with Gasteiger partial charge in [-0.15, -0.1) is 0 Å². The predicted molar refractivity (Wildman–Crippen MR) is 90.1 cm³/mol. The summed E-state index contributed by atoms with van der Waals surface area (Å²) in [5.41, 5.74) is 1.86. The van der Waals surface area contributed by atoms with Crippen molar-refractivity contribution in [2.45, 2.75) is 38.1 Å². The van der Waals surface area contributed by atoms with Gasteiger partial charge in [-0.1, -0.05) is 18.2 Å². The number of para-hydroxylation sites is 1. The van der Waals surface area contributed by atoms with Crippen LogP contribution >= 0.6 is 0 Å². The molecule has 1 aromatic heterocycles. The average Bonchev–Trinajstić information content (AvgIpc) is 3.34. The number of amides is 1. The third kappa shape index (κ3) is 3.39.